The number of aromatic hydroxyl groups is 1. The van der Waals surface area contributed by atoms with Crippen LogP contribution in [0.15, 0.2) is 42.5 Å². The first-order chi connectivity index (χ1) is 11.1. The Morgan fingerprint density at radius 3 is 2.65 bits per heavy atom. The second-order valence-corrected chi connectivity index (χ2v) is 6.21. The number of nitrogens with one attached hydrogen (secondary N) is 1. The summed E-state index contributed by atoms with van der Waals surface area (Å²) in [6, 6.07) is 13.2. The van der Waals surface area contributed by atoms with Crippen LogP contribution in [0.4, 0.5) is 0 Å². The lowest BCUT2D eigenvalue weighted by Gasteiger charge is -2.08. The van der Waals surface area contributed by atoms with E-state index in [0.717, 1.165) is 34.6 Å². The van der Waals surface area contributed by atoms with Gasteiger partial charge in [-0.05, 0) is 42.2 Å². The number of ether oxygens (including phenoxy) is 1. The van der Waals surface area contributed by atoms with E-state index in [2.05, 4.69) is 23.8 Å². The fourth-order valence-electron chi connectivity index (χ4n) is 2.47. The van der Waals surface area contributed by atoms with E-state index >= 15 is 0 Å². The Balaban J connectivity index is 1.79. The maximum absolute atomic E-state index is 9.35. The maximum Gasteiger partial charge on any atom is 0.147 e. The monoisotopic (exact) mass is 310 g/mol. The highest BCUT2D eigenvalue weighted by Gasteiger charge is 2.09. The van der Waals surface area contributed by atoms with Crippen LogP contribution in [0.3, 0.4) is 0 Å². The zero-order valence-electron chi connectivity index (χ0n) is 13.5. The van der Waals surface area contributed by atoms with Gasteiger partial charge >= 0.3 is 0 Å². The molecule has 0 aliphatic rings. The number of phenols is 1. The molecule has 0 amide bonds. The van der Waals surface area contributed by atoms with Crippen molar-refractivity contribution >= 4 is 11.0 Å². The van der Waals surface area contributed by atoms with Gasteiger partial charge < -0.3 is 14.8 Å². The number of aromatic amines is 1. The molecule has 3 rings (SSSR count). The first kappa shape index (κ1) is 15.4. The largest absolute Gasteiger partial charge is 0.508 e. The second kappa shape index (κ2) is 6.73. The zero-order valence-corrected chi connectivity index (χ0v) is 13.5. The molecule has 0 bridgehead atoms. The molecule has 4 heteroatoms. The third-order valence-corrected chi connectivity index (χ3v) is 3.79. The fraction of sp³-hybridized carbons (Fsp3) is 0.316. The lowest BCUT2D eigenvalue weighted by Crippen LogP contribution is -2.01. The van der Waals surface area contributed by atoms with E-state index in [1.54, 1.807) is 12.1 Å². The molecular weight excluding hydrogens is 288 g/mol. The molecule has 0 spiro atoms. The fourth-order valence-corrected chi connectivity index (χ4v) is 2.47. The van der Waals surface area contributed by atoms with Crippen molar-refractivity contribution in [3.05, 3.63) is 53.9 Å². The predicted octanol–water partition coefficient (Wildman–Crippen LogP) is 4.28. The Hall–Kier alpha value is -2.49. The lowest BCUT2D eigenvalue weighted by molar-refractivity contribution is 0.292. The van der Waals surface area contributed by atoms with Gasteiger partial charge in [0, 0.05) is 6.42 Å². The molecule has 0 fully saturated rings. The van der Waals surface area contributed by atoms with Crippen LogP contribution < -0.4 is 4.74 Å². The summed E-state index contributed by atoms with van der Waals surface area (Å²) in [5, 5.41) is 9.35. The molecular formula is C19H22N2O2. The summed E-state index contributed by atoms with van der Waals surface area (Å²) < 4.78 is 5.89. The van der Waals surface area contributed by atoms with E-state index in [0.29, 0.717) is 18.9 Å². The number of imidazole rings is 1. The lowest BCUT2D eigenvalue weighted by atomic mass is 10.1. The summed E-state index contributed by atoms with van der Waals surface area (Å²) in [4.78, 5) is 8.03. The summed E-state index contributed by atoms with van der Waals surface area (Å²) in [5.41, 5.74) is 2.97. The summed E-state index contributed by atoms with van der Waals surface area (Å²) in [6.07, 6.45) is 1.72. The van der Waals surface area contributed by atoms with E-state index in [1.165, 1.54) is 0 Å². The van der Waals surface area contributed by atoms with E-state index in [9.17, 15) is 5.11 Å². The average Bonchev–Trinajstić information content (AvgIpc) is 2.92. The van der Waals surface area contributed by atoms with Crippen molar-refractivity contribution in [2.24, 2.45) is 5.92 Å². The molecule has 0 aliphatic heterocycles. The standard InChI is InChI=1S/C19H22N2O2/c1-13(2)10-11-23-17-5-3-4-16-19(17)21-18(20-16)12-14-6-8-15(22)9-7-14/h3-9,13,22H,10-12H2,1-2H3,(H,20,21). The number of nitrogens with zero attached hydrogens (tertiary/aromatic N) is 1. The smallest absolute Gasteiger partial charge is 0.147 e. The minimum atomic E-state index is 0.277. The number of fused-ring (bicyclic) bond motifs is 1. The van der Waals surface area contributed by atoms with Gasteiger partial charge in [-0.15, -0.1) is 0 Å². The highest BCUT2D eigenvalue weighted by atomic mass is 16.5. The van der Waals surface area contributed by atoms with Crippen LogP contribution in [-0.2, 0) is 6.42 Å². The van der Waals surface area contributed by atoms with Crippen molar-refractivity contribution < 1.29 is 9.84 Å². The molecule has 2 aromatic carbocycles. The molecule has 4 nitrogen and oxygen atoms in total. The molecule has 120 valence electrons. The molecule has 0 atom stereocenters. The third-order valence-electron chi connectivity index (χ3n) is 3.79. The Morgan fingerprint density at radius 2 is 1.91 bits per heavy atom. The van der Waals surface area contributed by atoms with Crippen LogP contribution in [0.5, 0.6) is 11.5 Å². The van der Waals surface area contributed by atoms with Gasteiger partial charge in [0.05, 0.1) is 12.1 Å². The number of phenolic OH excluding ortho intramolecular Hbond substituents is 1. The van der Waals surface area contributed by atoms with Crippen LogP contribution in [0, 0.1) is 5.92 Å². The molecule has 1 heterocycles. The number of para-hydroxylation sites is 1. The molecule has 2 N–H and O–H groups in total. The molecule has 3 aromatic rings. The SMILES string of the molecule is CC(C)CCOc1cccc2[nH]c(Cc3ccc(O)cc3)nc12. The van der Waals surface area contributed by atoms with Gasteiger partial charge in [0.1, 0.15) is 22.8 Å². The topological polar surface area (TPSA) is 58.1 Å². The van der Waals surface area contributed by atoms with Crippen LogP contribution in [-0.4, -0.2) is 21.7 Å². The molecule has 23 heavy (non-hydrogen) atoms. The van der Waals surface area contributed by atoms with Crippen LogP contribution in [0.2, 0.25) is 0 Å². The van der Waals surface area contributed by atoms with Gasteiger partial charge in [-0.1, -0.05) is 32.0 Å². The first-order valence-electron chi connectivity index (χ1n) is 8.00. The number of rotatable bonds is 6. The molecule has 0 saturated heterocycles. The second-order valence-electron chi connectivity index (χ2n) is 6.21. The first-order valence-corrected chi connectivity index (χ1v) is 8.00. The van der Waals surface area contributed by atoms with Gasteiger partial charge in [-0.25, -0.2) is 4.98 Å². The molecule has 0 aliphatic carbocycles. The summed E-state index contributed by atoms with van der Waals surface area (Å²) in [5.74, 6) is 2.62. The number of benzene rings is 2. The van der Waals surface area contributed by atoms with Gasteiger partial charge in [0.15, 0.2) is 0 Å². The predicted molar refractivity (Wildman–Crippen MR) is 92.0 cm³/mol. The van der Waals surface area contributed by atoms with Gasteiger partial charge in [0.25, 0.3) is 0 Å². The Bertz CT molecular complexity index is 776. The number of aromatic nitrogens is 2. The van der Waals surface area contributed by atoms with Crippen molar-refractivity contribution in [1.82, 2.24) is 9.97 Å². The summed E-state index contributed by atoms with van der Waals surface area (Å²) in [6.45, 7) is 5.08. The Kier molecular flexibility index (Phi) is 4.51. The summed E-state index contributed by atoms with van der Waals surface area (Å²) in [7, 11) is 0. The van der Waals surface area contributed by atoms with Gasteiger partial charge in [0.2, 0.25) is 0 Å². The summed E-state index contributed by atoms with van der Waals surface area (Å²) >= 11 is 0. The molecule has 0 unspecified atom stereocenters. The molecule has 0 radical (unpaired) electrons. The molecule has 0 saturated carbocycles. The van der Waals surface area contributed by atoms with Crippen LogP contribution in [0.1, 0.15) is 31.7 Å². The minimum absolute atomic E-state index is 0.277. The highest BCUT2D eigenvalue weighted by Crippen LogP contribution is 2.25. The van der Waals surface area contributed by atoms with E-state index in [-0.39, 0.29) is 5.75 Å². The van der Waals surface area contributed by atoms with Crippen molar-refractivity contribution in [1.29, 1.82) is 0 Å². The van der Waals surface area contributed by atoms with Gasteiger partial charge in [-0.2, -0.15) is 0 Å². The van der Waals surface area contributed by atoms with Crippen LogP contribution >= 0.6 is 0 Å². The van der Waals surface area contributed by atoms with Gasteiger partial charge in [-0.3, -0.25) is 0 Å². The molecule has 1 aromatic heterocycles. The number of hydrogen-bond donors (Lipinski definition) is 2. The Labute approximate surface area is 136 Å². The normalized spacial score (nSPS) is 11.3. The van der Waals surface area contributed by atoms with E-state index in [1.807, 2.05) is 30.3 Å². The van der Waals surface area contributed by atoms with Crippen molar-refractivity contribution in [2.45, 2.75) is 26.7 Å². The Morgan fingerprint density at radius 1 is 1.13 bits per heavy atom. The minimum Gasteiger partial charge on any atom is -0.508 e. The quantitative estimate of drug-likeness (QED) is 0.714. The van der Waals surface area contributed by atoms with Crippen molar-refractivity contribution in [3.8, 4) is 11.5 Å². The van der Waals surface area contributed by atoms with Crippen molar-refractivity contribution in [2.75, 3.05) is 6.61 Å². The third kappa shape index (κ3) is 3.83. The highest BCUT2D eigenvalue weighted by molar-refractivity contribution is 5.81. The van der Waals surface area contributed by atoms with E-state index < -0.39 is 0 Å². The maximum atomic E-state index is 9.35. The number of H-pyrrole nitrogens is 1. The zero-order chi connectivity index (χ0) is 16.2. The number of hydrogen-bond acceptors (Lipinski definition) is 3. The van der Waals surface area contributed by atoms with Crippen molar-refractivity contribution in [3.63, 3.8) is 0 Å². The van der Waals surface area contributed by atoms with Crippen LogP contribution in [0.25, 0.3) is 11.0 Å². The van der Waals surface area contributed by atoms with E-state index in [4.69, 9.17) is 4.74 Å². The average molecular weight is 310 g/mol.